The monoisotopic (exact) mass is 350 g/mol. The Bertz CT molecular complexity index is 1020. The highest BCUT2D eigenvalue weighted by Gasteiger charge is 2.30. The van der Waals surface area contributed by atoms with E-state index in [9.17, 15) is 14.0 Å². The topological polar surface area (TPSA) is 86.9 Å². The molecule has 7 heteroatoms. The van der Waals surface area contributed by atoms with E-state index in [0.717, 1.165) is 5.69 Å². The zero-order valence-corrected chi connectivity index (χ0v) is 13.6. The van der Waals surface area contributed by atoms with Gasteiger partial charge in [0.15, 0.2) is 0 Å². The smallest absolute Gasteiger partial charge is 0.257 e. The quantitative estimate of drug-likeness (QED) is 0.678. The number of aromatic amines is 1. The maximum Gasteiger partial charge on any atom is 0.257 e. The van der Waals surface area contributed by atoms with Gasteiger partial charge in [-0.05, 0) is 36.2 Å². The van der Waals surface area contributed by atoms with Crippen LogP contribution in [-0.2, 0) is 11.2 Å². The van der Waals surface area contributed by atoms with Gasteiger partial charge in [0, 0.05) is 5.69 Å². The van der Waals surface area contributed by atoms with Crippen LogP contribution in [-0.4, -0.2) is 15.9 Å². The minimum Gasteiger partial charge on any atom is -0.326 e. The van der Waals surface area contributed by atoms with E-state index in [1.807, 2.05) is 30.3 Å². The summed E-state index contributed by atoms with van der Waals surface area (Å²) in [6, 6.07) is 15.0. The van der Waals surface area contributed by atoms with Crippen molar-refractivity contribution in [2.75, 3.05) is 10.6 Å². The number of nitrogens with zero attached hydrogens (tertiary/aromatic N) is 1. The molecule has 1 aliphatic rings. The maximum absolute atomic E-state index is 13.1. The molecule has 130 valence electrons. The number of H-pyrrole nitrogens is 1. The molecule has 6 nitrogen and oxygen atoms in total. The third-order valence-electron chi connectivity index (χ3n) is 4.29. The molecule has 0 fully saturated rings. The predicted molar refractivity (Wildman–Crippen MR) is 96.1 cm³/mol. The van der Waals surface area contributed by atoms with Crippen LogP contribution in [0.1, 0.15) is 17.0 Å². The van der Waals surface area contributed by atoms with E-state index in [1.165, 1.54) is 12.1 Å². The summed E-state index contributed by atoms with van der Waals surface area (Å²) in [6.07, 6.45) is 0.209. The van der Waals surface area contributed by atoms with Gasteiger partial charge >= 0.3 is 0 Å². The van der Waals surface area contributed by atoms with Crippen molar-refractivity contribution in [2.45, 2.75) is 12.3 Å². The number of halogens is 1. The number of aromatic nitrogens is 2. The van der Waals surface area contributed by atoms with E-state index < -0.39 is 5.92 Å². The zero-order chi connectivity index (χ0) is 18.1. The average molecular weight is 350 g/mol. The summed E-state index contributed by atoms with van der Waals surface area (Å²) in [5.74, 6) is -0.704. The standard InChI is InChI=1S/C19H15FN4O2/c20-12-8-6-11(7-9-12)14-10-15-16(22-17(14)25)23-19(24-18(15)26)21-13-4-2-1-3-5-13/h1-9,14H,10H2,(H3,21,22,23,24,25,26). The molecule has 0 bridgehead atoms. The van der Waals surface area contributed by atoms with Crippen molar-refractivity contribution >= 4 is 23.4 Å². The lowest BCUT2D eigenvalue weighted by Crippen LogP contribution is -2.33. The van der Waals surface area contributed by atoms with Gasteiger partial charge < -0.3 is 10.6 Å². The molecule has 1 atom stereocenters. The average Bonchev–Trinajstić information content (AvgIpc) is 2.63. The molecule has 4 rings (SSSR count). The Morgan fingerprint density at radius 2 is 1.77 bits per heavy atom. The Morgan fingerprint density at radius 1 is 1.04 bits per heavy atom. The van der Waals surface area contributed by atoms with Gasteiger partial charge in [0.25, 0.3) is 5.56 Å². The van der Waals surface area contributed by atoms with E-state index >= 15 is 0 Å². The Hall–Kier alpha value is -3.48. The van der Waals surface area contributed by atoms with Gasteiger partial charge in [-0.25, -0.2) is 4.39 Å². The SMILES string of the molecule is O=C1Nc2nc(Nc3ccccc3)[nH]c(=O)c2CC1c1ccc(F)cc1. The zero-order valence-electron chi connectivity index (χ0n) is 13.6. The first-order chi connectivity index (χ1) is 12.6. The van der Waals surface area contributed by atoms with Crippen LogP contribution in [0.4, 0.5) is 21.8 Å². The molecule has 3 aromatic rings. The first kappa shape index (κ1) is 16.0. The van der Waals surface area contributed by atoms with Crippen molar-refractivity contribution in [1.29, 1.82) is 0 Å². The number of carbonyl (C=O) groups excluding carboxylic acids is 1. The Labute approximate surface area is 148 Å². The molecule has 1 aromatic heterocycles. The minimum atomic E-state index is -0.557. The Kier molecular flexibility index (Phi) is 3.96. The molecule has 0 radical (unpaired) electrons. The summed E-state index contributed by atoms with van der Waals surface area (Å²) in [5.41, 5.74) is 1.50. The van der Waals surface area contributed by atoms with Crippen LogP contribution in [0.5, 0.6) is 0 Å². The summed E-state index contributed by atoms with van der Waals surface area (Å²) in [7, 11) is 0. The fourth-order valence-corrected chi connectivity index (χ4v) is 2.97. The van der Waals surface area contributed by atoms with Crippen LogP contribution in [0.2, 0.25) is 0 Å². The van der Waals surface area contributed by atoms with Crippen molar-refractivity contribution in [3.63, 3.8) is 0 Å². The summed E-state index contributed by atoms with van der Waals surface area (Å²) in [4.78, 5) is 31.9. The van der Waals surface area contributed by atoms with Crippen molar-refractivity contribution in [1.82, 2.24) is 9.97 Å². The molecule has 0 aliphatic carbocycles. The number of amides is 1. The number of carbonyl (C=O) groups is 1. The van der Waals surface area contributed by atoms with Crippen LogP contribution in [0.25, 0.3) is 0 Å². The van der Waals surface area contributed by atoms with E-state index in [-0.39, 0.29) is 35.5 Å². The maximum atomic E-state index is 13.1. The summed E-state index contributed by atoms with van der Waals surface area (Å²) >= 11 is 0. The van der Waals surface area contributed by atoms with Gasteiger partial charge in [0.1, 0.15) is 11.6 Å². The van der Waals surface area contributed by atoms with Crippen molar-refractivity contribution in [2.24, 2.45) is 0 Å². The lowest BCUT2D eigenvalue weighted by molar-refractivity contribution is -0.117. The van der Waals surface area contributed by atoms with Crippen LogP contribution in [0.3, 0.4) is 0 Å². The minimum absolute atomic E-state index is 0.209. The number of rotatable bonds is 3. The highest BCUT2D eigenvalue weighted by Crippen LogP contribution is 2.29. The number of anilines is 3. The first-order valence-electron chi connectivity index (χ1n) is 8.12. The number of hydrogen-bond acceptors (Lipinski definition) is 4. The third kappa shape index (κ3) is 3.06. The van der Waals surface area contributed by atoms with Crippen LogP contribution in [0, 0.1) is 5.82 Å². The van der Waals surface area contributed by atoms with Gasteiger partial charge in [-0.15, -0.1) is 0 Å². The molecule has 2 heterocycles. The first-order valence-corrected chi connectivity index (χ1v) is 8.12. The van der Waals surface area contributed by atoms with E-state index in [2.05, 4.69) is 20.6 Å². The summed E-state index contributed by atoms with van der Waals surface area (Å²) < 4.78 is 13.1. The molecule has 3 N–H and O–H groups in total. The van der Waals surface area contributed by atoms with Crippen LogP contribution in [0.15, 0.2) is 59.4 Å². The largest absolute Gasteiger partial charge is 0.326 e. The summed E-state index contributed by atoms with van der Waals surface area (Å²) in [5, 5.41) is 5.69. The number of hydrogen-bond donors (Lipinski definition) is 3. The number of benzene rings is 2. The lowest BCUT2D eigenvalue weighted by Gasteiger charge is -2.24. The second-order valence-corrected chi connectivity index (χ2v) is 6.03. The highest BCUT2D eigenvalue weighted by atomic mass is 19.1. The molecule has 0 saturated heterocycles. The molecule has 1 amide bonds. The van der Waals surface area contributed by atoms with Crippen LogP contribution < -0.4 is 16.2 Å². The molecule has 26 heavy (non-hydrogen) atoms. The number of para-hydroxylation sites is 1. The molecule has 0 spiro atoms. The molecule has 1 aliphatic heterocycles. The molecule has 2 aromatic carbocycles. The molecule has 0 saturated carbocycles. The van der Waals surface area contributed by atoms with E-state index in [1.54, 1.807) is 12.1 Å². The third-order valence-corrected chi connectivity index (χ3v) is 4.29. The second-order valence-electron chi connectivity index (χ2n) is 6.03. The van der Waals surface area contributed by atoms with Crippen molar-refractivity contribution in [3.05, 3.63) is 81.9 Å². The Balaban J connectivity index is 1.65. The summed E-state index contributed by atoms with van der Waals surface area (Å²) in [6.45, 7) is 0. The second kappa shape index (κ2) is 6.44. The lowest BCUT2D eigenvalue weighted by atomic mass is 9.89. The van der Waals surface area contributed by atoms with Gasteiger partial charge in [0.2, 0.25) is 11.9 Å². The highest BCUT2D eigenvalue weighted by molar-refractivity contribution is 5.98. The number of fused-ring (bicyclic) bond motifs is 1. The Morgan fingerprint density at radius 3 is 2.50 bits per heavy atom. The molecular weight excluding hydrogens is 335 g/mol. The van der Waals surface area contributed by atoms with E-state index in [4.69, 9.17) is 0 Å². The molecular formula is C19H15FN4O2. The van der Waals surface area contributed by atoms with Crippen molar-refractivity contribution < 1.29 is 9.18 Å². The fourth-order valence-electron chi connectivity index (χ4n) is 2.97. The molecule has 1 unspecified atom stereocenters. The van der Waals surface area contributed by atoms with Crippen molar-refractivity contribution in [3.8, 4) is 0 Å². The normalized spacial score (nSPS) is 15.9. The van der Waals surface area contributed by atoms with Gasteiger partial charge in [-0.2, -0.15) is 4.98 Å². The van der Waals surface area contributed by atoms with Gasteiger partial charge in [0.05, 0.1) is 11.5 Å². The van der Waals surface area contributed by atoms with E-state index in [0.29, 0.717) is 11.1 Å². The predicted octanol–water partition coefficient (Wildman–Crippen LogP) is 2.93. The number of nitrogens with one attached hydrogen (secondary N) is 3. The van der Waals surface area contributed by atoms with Crippen LogP contribution >= 0.6 is 0 Å². The van der Waals surface area contributed by atoms with Gasteiger partial charge in [-0.1, -0.05) is 30.3 Å². The van der Waals surface area contributed by atoms with Gasteiger partial charge in [-0.3, -0.25) is 14.6 Å². The fraction of sp³-hybridized carbons (Fsp3) is 0.105.